The monoisotopic (exact) mass is 501 g/mol. The minimum Gasteiger partial charge on any atom is -0.451 e. The van der Waals surface area contributed by atoms with Crippen molar-refractivity contribution in [3.05, 3.63) is 59.2 Å². The summed E-state index contributed by atoms with van der Waals surface area (Å²) >= 11 is 0. The second kappa shape index (κ2) is 7.81. The second-order valence-corrected chi connectivity index (χ2v) is 12.3. The molecule has 0 aromatic heterocycles. The maximum absolute atomic E-state index is 14.6. The molecule has 7 aliphatic rings. The number of likely N-dealkylation sites (tertiary alicyclic amines) is 1. The van der Waals surface area contributed by atoms with Crippen molar-refractivity contribution in [2.45, 2.75) is 108 Å². The van der Waals surface area contributed by atoms with Crippen LogP contribution in [0.1, 0.15) is 96.6 Å². The number of benzene rings is 1. The van der Waals surface area contributed by atoms with Crippen LogP contribution in [0.2, 0.25) is 0 Å². The van der Waals surface area contributed by atoms with Crippen LogP contribution in [0.4, 0.5) is 0 Å². The lowest BCUT2D eigenvalue weighted by molar-refractivity contribution is -0.206. The quantitative estimate of drug-likeness (QED) is 0.406. The summed E-state index contributed by atoms with van der Waals surface area (Å²) in [7, 11) is 0. The molecular weight excluding hydrogens is 462 g/mol. The first kappa shape index (κ1) is 23.7. The van der Waals surface area contributed by atoms with Crippen LogP contribution in [0.25, 0.3) is 0 Å². The van der Waals surface area contributed by atoms with E-state index in [1.54, 1.807) is 0 Å². The van der Waals surface area contributed by atoms with Crippen molar-refractivity contribution in [3.8, 4) is 0 Å². The summed E-state index contributed by atoms with van der Waals surface area (Å²) in [6.45, 7) is 6.59. The van der Waals surface area contributed by atoms with E-state index in [2.05, 4.69) is 50.0 Å². The molecular formula is C32H39NO4. The van der Waals surface area contributed by atoms with Crippen molar-refractivity contribution < 1.29 is 19.1 Å². The number of allylic oxidation sites excluding steroid dienone is 2. The lowest BCUT2D eigenvalue weighted by atomic mass is 9.42. The number of nitrogens with zero attached hydrogens (tertiary/aromatic N) is 1. The Hall–Kier alpha value is -2.40. The average molecular weight is 502 g/mol. The highest BCUT2D eigenvalue weighted by molar-refractivity contribution is 6.03. The molecule has 3 spiro atoms. The van der Waals surface area contributed by atoms with E-state index < -0.39 is 22.3 Å². The van der Waals surface area contributed by atoms with Crippen molar-refractivity contribution in [3.63, 3.8) is 0 Å². The zero-order valence-corrected chi connectivity index (χ0v) is 22.4. The van der Waals surface area contributed by atoms with Crippen LogP contribution in [0, 0.1) is 17.3 Å². The van der Waals surface area contributed by atoms with E-state index in [1.807, 2.05) is 18.2 Å². The van der Waals surface area contributed by atoms with E-state index >= 15 is 0 Å². The number of carbonyl (C=O) groups excluding carboxylic acids is 2. The van der Waals surface area contributed by atoms with Gasteiger partial charge in [-0.15, -0.1) is 0 Å². The third-order valence-corrected chi connectivity index (χ3v) is 10.9. The van der Waals surface area contributed by atoms with Gasteiger partial charge in [-0.1, -0.05) is 69.2 Å². The largest absolute Gasteiger partial charge is 0.451 e. The van der Waals surface area contributed by atoms with Gasteiger partial charge in [0.2, 0.25) is 0 Å². The van der Waals surface area contributed by atoms with Gasteiger partial charge in [-0.05, 0) is 69.8 Å². The lowest BCUT2D eigenvalue weighted by Crippen LogP contribution is -2.69. The molecule has 8 rings (SSSR count). The average Bonchev–Trinajstić information content (AvgIpc) is 3.38. The molecule has 3 saturated heterocycles. The zero-order chi connectivity index (χ0) is 25.6. The Kier molecular flexibility index (Phi) is 5.00. The van der Waals surface area contributed by atoms with E-state index in [4.69, 9.17) is 9.47 Å². The fourth-order valence-electron chi connectivity index (χ4n) is 9.85. The maximum Gasteiger partial charge on any atom is 0.337 e. The van der Waals surface area contributed by atoms with Gasteiger partial charge in [0.1, 0.15) is 5.60 Å². The highest BCUT2D eigenvalue weighted by atomic mass is 16.6. The first-order valence-corrected chi connectivity index (χ1v) is 14.7. The van der Waals surface area contributed by atoms with E-state index in [9.17, 15) is 9.59 Å². The van der Waals surface area contributed by atoms with Crippen LogP contribution in [-0.2, 0) is 19.1 Å². The summed E-state index contributed by atoms with van der Waals surface area (Å²) in [6, 6.07) is 10.2. The molecule has 1 saturated carbocycles. The molecule has 3 aliphatic heterocycles. The molecule has 5 nitrogen and oxygen atoms in total. The number of amides is 1. The third-order valence-electron chi connectivity index (χ3n) is 10.9. The van der Waals surface area contributed by atoms with Crippen LogP contribution >= 0.6 is 0 Å². The van der Waals surface area contributed by atoms with Gasteiger partial charge in [0, 0.05) is 11.5 Å². The summed E-state index contributed by atoms with van der Waals surface area (Å²) in [5.74, 6) is 0.300. The summed E-state index contributed by atoms with van der Waals surface area (Å²) in [5, 5.41) is 0. The van der Waals surface area contributed by atoms with E-state index in [0.717, 1.165) is 80.9 Å². The van der Waals surface area contributed by atoms with Crippen molar-refractivity contribution in [2.75, 3.05) is 0 Å². The van der Waals surface area contributed by atoms with Crippen molar-refractivity contribution >= 4 is 11.9 Å². The van der Waals surface area contributed by atoms with Gasteiger partial charge in [0.15, 0.2) is 11.3 Å². The number of fused-ring (bicyclic) bond motifs is 1. The predicted octanol–water partition coefficient (Wildman–Crippen LogP) is 6.40. The van der Waals surface area contributed by atoms with E-state index in [1.165, 1.54) is 0 Å². The minimum absolute atomic E-state index is 0.0885. The standard InChI is InChI=1S/C32H39NO4/c1-4-6-18-31-29-19-16-23(20-26(29)27(34)33(31)21(3)22-13-8-7-9-14-22)24(12-5-2)32(29)30(37-31)17-11-10-15-25(30)28(35)36-32/h7-9,13-15,20-21,23-24H,4-6,10-12,16-19H2,1-3H3/t21-,23+,24-,29+,30-,31+,32-/m0/s1. The highest BCUT2D eigenvalue weighted by Crippen LogP contribution is 2.82. The smallest absolute Gasteiger partial charge is 0.337 e. The van der Waals surface area contributed by atoms with Crippen molar-refractivity contribution in [1.82, 2.24) is 4.90 Å². The molecule has 1 aromatic rings. The number of hydrogen-bond donors (Lipinski definition) is 0. The van der Waals surface area contributed by atoms with Crippen LogP contribution in [0.3, 0.4) is 0 Å². The maximum atomic E-state index is 14.6. The molecule has 196 valence electrons. The molecule has 0 N–H and O–H groups in total. The molecule has 4 fully saturated rings. The molecule has 7 atom stereocenters. The van der Waals surface area contributed by atoms with Gasteiger partial charge in [-0.25, -0.2) is 4.79 Å². The van der Waals surface area contributed by atoms with Gasteiger partial charge < -0.3 is 14.4 Å². The summed E-state index contributed by atoms with van der Waals surface area (Å²) in [5.41, 5.74) is -0.296. The second-order valence-electron chi connectivity index (χ2n) is 12.3. The Bertz CT molecular complexity index is 1220. The number of esters is 1. The number of carbonyl (C=O) groups is 2. The lowest BCUT2D eigenvalue weighted by Gasteiger charge is -2.60. The van der Waals surface area contributed by atoms with Crippen molar-refractivity contribution in [2.24, 2.45) is 17.3 Å². The van der Waals surface area contributed by atoms with Crippen LogP contribution in [-0.4, -0.2) is 33.7 Å². The predicted molar refractivity (Wildman–Crippen MR) is 140 cm³/mol. The fourth-order valence-corrected chi connectivity index (χ4v) is 9.85. The SMILES string of the molecule is CCCC[C@]12O[C@@]34CCCC=C3C(=O)O[C@]43[C@@H](CCC)[C@H]4C=C(C(=O)N1[C@@H](C)c1ccccc1)[C@@]32CC4. The zero-order valence-electron chi connectivity index (χ0n) is 22.4. The molecule has 3 heterocycles. The first-order chi connectivity index (χ1) is 17.9. The first-order valence-electron chi connectivity index (χ1n) is 14.7. The van der Waals surface area contributed by atoms with Crippen LogP contribution in [0.15, 0.2) is 53.6 Å². The normalized spacial score (nSPS) is 41.6. The molecule has 1 amide bonds. The summed E-state index contributed by atoms with van der Waals surface area (Å²) in [6.07, 6.45) is 13.7. The van der Waals surface area contributed by atoms with Gasteiger partial charge >= 0.3 is 5.97 Å². The number of rotatable bonds is 7. The summed E-state index contributed by atoms with van der Waals surface area (Å²) < 4.78 is 14.5. The Morgan fingerprint density at radius 2 is 1.89 bits per heavy atom. The Labute approximate surface area is 220 Å². The Balaban J connectivity index is 1.54. The van der Waals surface area contributed by atoms with Crippen LogP contribution in [0.5, 0.6) is 0 Å². The molecule has 4 aliphatic carbocycles. The Morgan fingerprint density at radius 1 is 1.08 bits per heavy atom. The van der Waals surface area contributed by atoms with E-state index in [-0.39, 0.29) is 29.8 Å². The third kappa shape index (κ3) is 2.43. The minimum atomic E-state index is -0.824. The number of ether oxygens (including phenoxy) is 2. The van der Waals surface area contributed by atoms with Gasteiger partial charge in [0.25, 0.3) is 5.91 Å². The number of unbranched alkanes of at least 4 members (excludes halogenated alkanes) is 1. The molecule has 37 heavy (non-hydrogen) atoms. The molecule has 5 heteroatoms. The molecule has 0 unspecified atom stereocenters. The van der Waals surface area contributed by atoms with Gasteiger partial charge in [-0.2, -0.15) is 0 Å². The molecule has 2 bridgehead atoms. The highest BCUT2D eigenvalue weighted by Gasteiger charge is 2.93. The topological polar surface area (TPSA) is 55.8 Å². The number of hydrogen-bond acceptors (Lipinski definition) is 4. The van der Waals surface area contributed by atoms with Crippen molar-refractivity contribution in [1.29, 1.82) is 0 Å². The molecule has 0 radical (unpaired) electrons. The van der Waals surface area contributed by atoms with Gasteiger partial charge in [-0.3, -0.25) is 4.79 Å². The van der Waals surface area contributed by atoms with Gasteiger partial charge in [0.05, 0.1) is 17.0 Å². The van der Waals surface area contributed by atoms with E-state index in [0.29, 0.717) is 0 Å². The Morgan fingerprint density at radius 3 is 2.65 bits per heavy atom. The fraction of sp³-hybridized carbons (Fsp3) is 0.625. The summed E-state index contributed by atoms with van der Waals surface area (Å²) in [4.78, 5) is 30.4. The molecule has 1 aromatic carbocycles. The van der Waals surface area contributed by atoms with Crippen LogP contribution < -0.4 is 0 Å².